The molecule has 0 aliphatic carbocycles. The Morgan fingerprint density at radius 1 is 1.24 bits per heavy atom. The van der Waals surface area contributed by atoms with E-state index in [1.165, 1.54) is 12.0 Å². The summed E-state index contributed by atoms with van der Waals surface area (Å²) in [5, 5.41) is 0. The molecule has 17 heavy (non-hydrogen) atoms. The van der Waals surface area contributed by atoms with Crippen LogP contribution in [0.1, 0.15) is 60.8 Å². The van der Waals surface area contributed by atoms with Gasteiger partial charge in [-0.15, -0.1) is 0 Å². The molecule has 0 aliphatic heterocycles. The van der Waals surface area contributed by atoms with Gasteiger partial charge in [-0.25, -0.2) is 0 Å². The average molecular weight is 242 g/mol. The molecule has 0 N–H and O–H groups in total. The third-order valence-electron chi connectivity index (χ3n) is 2.96. The first kappa shape index (κ1) is 16.7. The summed E-state index contributed by atoms with van der Waals surface area (Å²) in [6.45, 7) is 12.7. The summed E-state index contributed by atoms with van der Waals surface area (Å²) in [7, 11) is 1.69. The number of methoxy groups -OCH3 is 1. The van der Waals surface area contributed by atoms with Crippen LogP contribution in [-0.2, 0) is 9.47 Å². The van der Waals surface area contributed by atoms with Crippen LogP contribution in [0.2, 0.25) is 0 Å². The Hall–Kier alpha value is -0.340. The molecule has 0 heterocycles. The van der Waals surface area contributed by atoms with E-state index in [-0.39, 0.29) is 6.10 Å². The molecule has 0 fully saturated rings. The van der Waals surface area contributed by atoms with E-state index in [1.54, 1.807) is 7.11 Å². The third-order valence-corrected chi connectivity index (χ3v) is 2.96. The zero-order valence-corrected chi connectivity index (χ0v) is 12.7. The summed E-state index contributed by atoms with van der Waals surface area (Å²) in [6, 6.07) is 0. The molecular weight excluding hydrogens is 212 g/mol. The van der Waals surface area contributed by atoms with Crippen molar-refractivity contribution in [3.63, 3.8) is 0 Å². The zero-order valence-electron chi connectivity index (χ0n) is 12.7. The predicted octanol–water partition coefficient (Wildman–Crippen LogP) is 4.55. The van der Waals surface area contributed by atoms with Gasteiger partial charge in [0.25, 0.3) is 0 Å². The van der Waals surface area contributed by atoms with Crippen molar-refractivity contribution in [3.05, 3.63) is 11.6 Å². The lowest BCUT2D eigenvalue weighted by Crippen LogP contribution is -2.33. The smallest absolute Gasteiger partial charge is 0.163 e. The highest BCUT2D eigenvalue weighted by Crippen LogP contribution is 2.23. The molecule has 1 unspecified atom stereocenters. The maximum Gasteiger partial charge on any atom is 0.163 e. The van der Waals surface area contributed by atoms with Gasteiger partial charge in [0.15, 0.2) is 5.79 Å². The van der Waals surface area contributed by atoms with E-state index < -0.39 is 5.79 Å². The first-order valence-electron chi connectivity index (χ1n) is 6.72. The zero-order chi connectivity index (χ0) is 13.5. The SMILES string of the molecule is CCC=C(C)C(CCC(C)C)OC(C)(C)OC. The molecule has 102 valence electrons. The Bertz CT molecular complexity index is 229. The summed E-state index contributed by atoms with van der Waals surface area (Å²) in [6.07, 6.45) is 5.72. The van der Waals surface area contributed by atoms with E-state index in [1.807, 2.05) is 13.8 Å². The van der Waals surface area contributed by atoms with Crippen LogP contribution in [0.15, 0.2) is 11.6 Å². The largest absolute Gasteiger partial charge is 0.354 e. The Morgan fingerprint density at radius 2 is 1.82 bits per heavy atom. The molecule has 0 aromatic carbocycles. The second kappa shape index (κ2) is 7.88. The minimum Gasteiger partial charge on any atom is -0.354 e. The van der Waals surface area contributed by atoms with E-state index in [0.717, 1.165) is 12.8 Å². The Kier molecular flexibility index (Phi) is 7.73. The van der Waals surface area contributed by atoms with Crippen molar-refractivity contribution in [2.45, 2.75) is 72.7 Å². The van der Waals surface area contributed by atoms with Crippen LogP contribution in [0.5, 0.6) is 0 Å². The fourth-order valence-corrected chi connectivity index (χ4v) is 1.71. The second-order valence-electron chi connectivity index (χ2n) is 5.54. The van der Waals surface area contributed by atoms with Gasteiger partial charge in [0.05, 0.1) is 6.10 Å². The Labute approximate surface area is 107 Å². The molecule has 0 bridgehead atoms. The molecule has 2 nitrogen and oxygen atoms in total. The summed E-state index contributed by atoms with van der Waals surface area (Å²) in [5.74, 6) is 0.200. The Balaban J connectivity index is 4.56. The summed E-state index contributed by atoms with van der Waals surface area (Å²) < 4.78 is 11.4. The minimum absolute atomic E-state index is 0.173. The lowest BCUT2D eigenvalue weighted by molar-refractivity contribution is -0.217. The Morgan fingerprint density at radius 3 is 2.24 bits per heavy atom. The van der Waals surface area contributed by atoms with Gasteiger partial charge >= 0.3 is 0 Å². The van der Waals surface area contributed by atoms with E-state index in [9.17, 15) is 0 Å². The van der Waals surface area contributed by atoms with Crippen LogP contribution >= 0.6 is 0 Å². The molecular formula is C15H30O2. The molecule has 0 rings (SSSR count). The minimum atomic E-state index is -0.509. The van der Waals surface area contributed by atoms with Crippen molar-refractivity contribution in [3.8, 4) is 0 Å². The van der Waals surface area contributed by atoms with Gasteiger partial charge in [-0.1, -0.05) is 26.8 Å². The predicted molar refractivity (Wildman–Crippen MR) is 74.1 cm³/mol. The molecule has 2 heteroatoms. The van der Waals surface area contributed by atoms with Crippen LogP contribution in [0, 0.1) is 5.92 Å². The molecule has 0 aromatic rings. The van der Waals surface area contributed by atoms with Crippen molar-refractivity contribution in [2.75, 3.05) is 7.11 Å². The van der Waals surface area contributed by atoms with Crippen molar-refractivity contribution in [2.24, 2.45) is 5.92 Å². The van der Waals surface area contributed by atoms with Crippen molar-refractivity contribution in [1.29, 1.82) is 0 Å². The molecule has 0 saturated carbocycles. The highest BCUT2D eigenvalue weighted by atomic mass is 16.7. The number of rotatable bonds is 8. The summed E-state index contributed by atoms with van der Waals surface area (Å²) >= 11 is 0. The number of hydrogen-bond donors (Lipinski definition) is 0. The highest BCUT2D eigenvalue weighted by Gasteiger charge is 2.23. The normalized spacial score (nSPS) is 15.4. The van der Waals surface area contributed by atoms with Gasteiger partial charge in [0, 0.05) is 7.11 Å². The lowest BCUT2D eigenvalue weighted by atomic mass is 9.99. The molecule has 0 radical (unpaired) electrons. The second-order valence-corrected chi connectivity index (χ2v) is 5.54. The maximum atomic E-state index is 6.06. The summed E-state index contributed by atoms with van der Waals surface area (Å²) in [4.78, 5) is 0. The van der Waals surface area contributed by atoms with Crippen LogP contribution in [-0.4, -0.2) is 19.0 Å². The van der Waals surface area contributed by atoms with Gasteiger partial charge in [0.2, 0.25) is 0 Å². The van der Waals surface area contributed by atoms with Gasteiger partial charge < -0.3 is 9.47 Å². The van der Waals surface area contributed by atoms with E-state index >= 15 is 0 Å². The number of ether oxygens (including phenoxy) is 2. The standard InChI is InChI=1S/C15H30O2/c1-8-9-13(4)14(11-10-12(2)3)17-15(5,6)16-7/h9,12,14H,8,10-11H2,1-7H3. The molecule has 0 spiro atoms. The van der Waals surface area contributed by atoms with Gasteiger partial charge in [0.1, 0.15) is 0 Å². The van der Waals surface area contributed by atoms with Crippen LogP contribution in [0.3, 0.4) is 0 Å². The fraction of sp³-hybridized carbons (Fsp3) is 0.867. The maximum absolute atomic E-state index is 6.06. The molecule has 1 atom stereocenters. The molecule has 0 aliphatic rings. The van der Waals surface area contributed by atoms with Gasteiger partial charge in [-0.3, -0.25) is 0 Å². The lowest BCUT2D eigenvalue weighted by Gasteiger charge is -2.30. The van der Waals surface area contributed by atoms with Gasteiger partial charge in [-0.05, 0) is 51.5 Å². The van der Waals surface area contributed by atoms with Crippen LogP contribution in [0.25, 0.3) is 0 Å². The van der Waals surface area contributed by atoms with Crippen LogP contribution in [0.4, 0.5) is 0 Å². The monoisotopic (exact) mass is 242 g/mol. The third kappa shape index (κ3) is 7.56. The highest BCUT2D eigenvalue weighted by molar-refractivity contribution is 5.05. The topological polar surface area (TPSA) is 18.5 Å². The number of hydrogen-bond acceptors (Lipinski definition) is 2. The van der Waals surface area contributed by atoms with Gasteiger partial charge in [-0.2, -0.15) is 0 Å². The molecule has 0 aromatic heterocycles. The summed E-state index contributed by atoms with van der Waals surface area (Å²) in [5.41, 5.74) is 1.32. The van der Waals surface area contributed by atoms with E-state index in [2.05, 4.69) is 33.8 Å². The van der Waals surface area contributed by atoms with E-state index in [0.29, 0.717) is 5.92 Å². The quantitative estimate of drug-likeness (QED) is 0.459. The number of allylic oxidation sites excluding steroid dienone is 1. The fourth-order valence-electron chi connectivity index (χ4n) is 1.71. The average Bonchev–Trinajstić information content (AvgIpc) is 2.24. The van der Waals surface area contributed by atoms with E-state index in [4.69, 9.17) is 9.47 Å². The first-order valence-corrected chi connectivity index (χ1v) is 6.72. The molecule has 0 amide bonds. The van der Waals surface area contributed by atoms with Crippen molar-refractivity contribution < 1.29 is 9.47 Å². The van der Waals surface area contributed by atoms with Crippen molar-refractivity contribution >= 4 is 0 Å². The first-order chi connectivity index (χ1) is 7.82. The molecule has 0 saturated heterocycles. The van der Waals surface area contributed by atoms with Crippen molar-refractivity contribution in [1.82, 2.24) is 0 Å². The van der Waals surface area contributed by atoms with Crippen LogP contribution < -0.4 is 0 Å².